The van der Waals surface area contributed by atoms with Crippen LogP contribution in [0.1, 0.15) is 25.5 Å². The Kier molecular flexibility index (Phi) is 5.70. The van der Waals surface area contributed by atoms with Gasteiger partial charge in [-0.1, -0.05) is 0 Å². The van der Waals surface area contributed by atoms with Crippen LogP contribution in [0.4, 0.5) is 0 Å². The Morgan fingerprint density at radius 2 is 2.05 bits per heavy atom. The molecule has 4 N–H and O–H groups in total. The fourth-order valence-corrected chi connectivity index (χ4v) is 1.76. The number of hydrogen-bond donors (Lipinski definition) is 4. The summed E-state index contributed by atoms with van der Waals surface area (Å²) in [5.74, 6) is -3.40. The number of aliphatic carboxylic acids is 2. The molecule has 1 aromatic rings. The molecule has 0 spiro atoms. The van der Waals surface area contributed by atoms with E-state index in [-0.39, 0.29) is 19.3 Å². The normalized spacial score (nSPS) is 13.4. The van der Waals surface area contributed by atoms with Gasteiger partial charge in [0.1, 0.15) is 0 Å². The number of aromatic nitrogens is 2. The first-order valence-corrected chi connectivity index (χ1v) is 6.11. The fraction of sp³-hybridized carbons (Fsp3) is 0.500. The standard InChI is InChI=1S/C12H17N3O5/c1-7(15-10(16)2-3-11(17)18)9(12(19)20)4-8-5-13-6-14-8/h5-7,9H,2-4H2,1H3,(H,13,14)(H,15,16)(H,17,18)(H,19,20). The SMILES string of the molecule is CC(NC(=O)CCC(=O)O)C(Cc1cnc[nH]1)C(=O)O. The molecular weight excluding hydrogens is 266 g/mol. The molecule has 0 aromatic carbocycles. The maximum absolute atomic E-state index is 11.5. The van der Waals surface area contributed by atoms with Crippen molar-refractivity contribution in [1.29, 1.82) is 0 Å². The number of hydrogen-bond acceptors (Lipinski definition) is 4. The lowest BCUT2D eigenvalue weighted by molar-refractivity contribution is -0.143. The Morgan fingerprint density at radius 3 is 2.55 bits per heavy atom. The summed E-state index contributed by atoms with van der Waals surface area (Å²) in [7, 11) is 0. The predicted molar refractivity (Wildman–Crippen MR) is 67.9 cm³/mol. The Morgan fingerprint density at radius 1 is 1.35 bits per heavy atom. The van der Waals surface area contributed by atoms with Crippen molar-refractivity contribution < 1.29 is 24.6 Å². The number of nitrogens with one attached hydrogen (secondary N) is 2. The molecule has 0 saturated carbocycles. The molecule has 110 valence electrons. The Balaban J connectivity index is 2.56. The van der Waals surface area contributed by atoms with E-state index in [0.717, 1.165) is 0 Å². The van der Waals surface area contributed by atoms with Crippen molar-refractivity contribution in [3.8, 4) is 0 Å². The summed E-state index contributed by atoms with van der Waals surface area (Å²) in [6.07, 6.45) is 2.72. The highest BCUT2D eigenvalue weighted by Crippen LogP contribution is 2.11. The average Bonchev–Trinajstić information content (AvgIpc) is 2.85. The number of amides is 1. The third-order valence-electron chi connectivity index (χ3n) is 2.87. The molecule has 1 heterocycles. The lowest BCUT2D eigenvalue weighted by atomic mass is 9.96. The first-order valence-electron chi connectivity index (χ1n) is 6.11. The lowest BCUT2D eigenvalue weighted by Crippen LogP contribution is -2.42. The number of carboxylic acids is 2. The summed E-state index contributed by atoms with van der Waals surface area (Å²) in [6.45, 7) is 1.58. The lowest BCUT2D eigenvalue weighted by Gasteiger charge is -2.20. The number of carboxylic acid groups (broad SMARTS) is 2. The number of imidazole rings is 1. The van der Waals surface area contributed by atoms with Crippen molar-refractivity contribution in [3.05, 3.63) is 18.2 Å². The van der Waals surface area contributed by atoms with Gasteiger partial charge in [0.2, 0.25) is 5.91 Å². The van der Waals surface area contributed by atoms with Crippen molar-refractivity contribution in [2.45, 2.75) is 32.2 Å². The highest BCUT2D eigenvalue weighted by molar-refractivity contribution is 5.81. The molecule has 0 aliphatic rings. The van der Waals surface area contributed by atoms with Crippen molar-refractivity contribution in [1.82, 2.24) is 15.3 Å². The first kappa shape index (κ1) is 15.7. The summed E-state index contributed by atoms with van der Waals surface area (Å²) >= 11 is 0. The number of rotatable bonds is 8. The van der Waals surface area contributed by atoms with Crippen LogP contribution in [-0.2, 0) is 20.8 Å². The smallest absolute Gasteiger partial charge is 0.308 e. The Hall–Kier alpha value is -2.38. The van der Waals surface area contributed by atoms with Crippen molar-refractivity contribution >= 4 is 17.8 Å². The maximum Gasteiger partial charge on any atom is 0.308 e. The number of H-pyrrole nitrogens is 1. The van der Waals surface area contributed by atoms with Crippen LogP contribution < -0.4 is 5.32 Å². The zero-order valence-electron chi connectivity index (χ0n) is 11.0. The predicted octanol–water partition coefficient (Wildman–Crippen LogP) is 0.0225. The minimum Gasteiger partial charge on any atom is -0.481 e. The van der Waals surface area contributed by atoms with Crippen LogP contribution in [0.3, 0.4) is 0 Å². The number of aromatic amines is 1. The molecule has 1 rings (SSSR count). The molecule has 8 nitrogen and oxygen atoms in total. The largest absolute Gasteiger partial charge is 0.481 e. The second-order valence-corrected chi connectivity index (χ2v) is 4.48. The van der Waals surface area contributed by atoms with E-state index >= 15 is 0 Å². The van der Waals surface area contributed by atoms with Gasteiger partial charge in [-0.05, 0) is 6.92 Å². The van der Waals surface area contributed by atoms with E-state index in [1.807, 2.05) is 0 Å². The van der Waals surface area contributed by atoms with Crippen LogP contribution in [0.2, 0.25) is 0 Å². The van der Waals surface area contributed by atoms with Crippen molar-refractivity contribution in [2.75, 3.05) is 0 Å². The van der Waals surface area contributed by atoms with E-state index in [4.69, 9.17) is 5.11 Å². The Labute approximate surface area is 115 Å². The van der Waals surface area contributed by atoms with Crippen LogP contribution in [0.15, 0.2) is 12.5 Å². The zero-order chi connectivity index (χ0) is 15.1. The van der Waals surface area contributed by atoms with Gasteiger partial charge < -0.3 is 20.5 Å². The molecule has 0 radical (unpaired) electrons. The molecule has 0 aliphatic carbocycles. The van der Waals surface area contributed by atoms with Crippen LogP contribution in [0.5, 0.6) is 0 Å². The van der Waals surface area contributed by atoms with E-state index in [1.54, 1.807) is 6.92 Å². The van der Waals surface area contributed by atoms with Crippen LogP contribution in [-0.4, -0.2) is 44.1 Å². The molecule has 0 bridgehead atoms. The third-order valence-corrected chi connectivity index (χ3v) is 2.87. The van der Waals surface area contributed by atoms with Gasteiger partial charge in [-0.25, -0.2) is 4.98 Å². The summed E-state index contributed by atoms with van der Waals surface area (Å²) < 4.78 is 0. The summed E-state index contributed by atoms with van der Waals surface area (Å²) in [5, 5.41) is 20.2. The quantitative estimate of drug-likeness (QED) is 0.531. The van der Waals surface area contributed by atoms with Crippen LogP contribution in [0, 0.1) is 5.92 Å². The molecule has 2 unspecified atom stereocenters. The van der Waals surface area contributed by atoms with Crippen LogP contribution in [0.25, 0.3) is 0 Å². The number of carbonyl (C=O) groups is 3. The topological polar surface area (TPSA) is 132 Å². The zero-order valence-corrected chi connectivity index (χ0v) is 11.0. The Bertz CT molecular complexity index is 471. The summed E-state index contributed by atoms with van der Waals surface area (Å²) in [5.41, 5.74) is 0.657. The molecule has 2 atom stereocenters. The first-order chi connectivity index (χ1) is 9.40. The highest BCUT2D eigenvalue weighted by atomic mass is 16.4. The molecule has 20 heavy (non-hydrogen) atoms. The molecule has 1 aromatic heterocycles. The van der Waals surface area contributed by atoms with Gasteiger partial charge in [0, 0.05) is 30.8 Å². The van der Waals surface area contributed by atoms with Gasteiger partial charge in [0.15, 0.2) is 0 Å². The van der Waals surface area contributed by atoms with Gasteiger partial charge in [-0.15, -0.1) is 0 Å². The van der Waals surface area contributed by atoms with Gasteiger partial charge >= 0.3 is 11.9 Å². The van der Waals surface area contributed by atoms with E-state index < -0.39 is 29.8 Å². The van der Waals surface area contributed by atoms with Gasteiger partial charge in [0.25, 0.3) is 0 Å². The molecule has 1 amide bonds. The van der Waals surface area contributed by atoms with Crippen molar-refractivity contribution in [2.24, 2.45) is 5.92 Å². The molecular formula is C12H17N3O5. The minimum absolute atomic E-state index is 0.171. The average molecular weight is 283 g/mol. The number of nitrogens with zero attached hydrogens (tertiary/aromatic N) is 1. The molecule has 0 saturated heterocycles. The fourth-order valence-electron chi connectivity index (χ4n) is 1.76. The number of carbonyl (C=O) groups excluding carboxylic acids is 1. The minimum atomic E-state index is -1.07. The summed E-state index contributed by atoms with van der Waals surface area (Å²) in [6, 6.07) is -0.614. The molecule has 8 heteroatoms. The van der Waals surface area contributed by atoms with Crippen molar-refractivity contribution in [3.63, 3.8) is 0 Å². The maximum atomic E-state index is 11.5. The van der Waals surface area contributed by atoms with E-state index in [9.17, 15) is 19.5 Å². The van der Waals surface area contributed by atoms with Crippen LogP contribution >= 0.6 is 0 Å². The second-order valence-electron chi connectivity index (χ2n) is 4.48. The van der Waals surface area contributed by atoms with E-state index in [1.165, 1.54) is 12.5 Å². The summed E-state index contributed by atoms with van der Waals surface area (Å²) in [4.78, 5) is 39.7. The van der Waals surface area contributed by atoms with Gasteiger partial charge in [-0.2, -0.15) is 0 Å². The van der Waals surface area contributed by atoms with Gasteiger partial charge in [0.05, 0.1) is 18.7 Å². The van der Waals surface area contributed by atoms with E-state index in [2.05, 4.69) is 15.3 Å². The van der Waals surface area contributed by atoms with E-state index in [0.29, 0.717) is 5.69 Å². The second kappa shape index (κ2) is 7.27. The third kappa shape index (κ3) is 5.09. The molecule has 0 aliphatic heterocycles. The highest BCUT2D eigenvalue weighted by Gasteiger charge is 2.26. The monoisotopic (exact) mass is 283 g/mol. The molecule has 0 fully saturated rings. The van der Waals surface area contributed by atoms with Gasteiger partial charge in [-0.3, -0.25) is 14.4 Å².